The lowest BCUT2D eigenvalue weighted by Crippen LogP contribution is -1.95. The summed E-state index contributed by atoms with van der Waals surface area (Å²) >= 11 is 0. The van der Waals surface area contributed by atoms with Crippen molar-refractivity contribution < 1.29 is 14.2 Å². The lowest BCUT2D eigenvalue weighted by molar-refractivity contribution is 0.306. The Hall–Kier alpha value is -2.85. The quantitative estimate of drug-likeness (QED) is 0.626. The highest BCUT2D eigenvalue weighted by Gasteiger charge is 2.04. The highest BCUT2D eigenvalue weighted by molar-refractivity contribution is 5.85. The van der Waals surface area contributed by atoms with Crippen LogP contribution in [0.2, 0.25) is 0 Å². The van der Waals surface area contributed by atoms with Gasteiger partial charge in [0.2, 0.25) is 0 Å². The van der Waals surface area contributed by atoms with Gasteiger partial charge in [-0.1, -0.05) is 30.3 Å². The van der Waals surface area contributed by atoms with Gasteiger partial charge in [0.25, 0.3) is 0 Å². The molecule has 2 N–H and O–H groups in total. The summed E-state index contributed by atoms with van der Waals surface area (Å²) in [6.07, 6.45) is 0. The molecule has 0 radical (unpaired) electrons. The normalized spacial score (nSPS) is 9.80. The molecule has 3 aromatic rings. The zero-order chi connectivity index (χ0) is 16.8. The topological polar surface area (TPSA) is 53.7 Å². The summed E-state index contributed by atoms with van der Waals surface area (Å²) in [4.78, 5) is 0. The SMILES string of the molecule is COc1ccc(Oc2ccc(OCc3ccccc3)cc2)c(N)c1.Cl. The molecule has 0 amide bonds. The third-order valence-corrected chi connectivity index (χ3v) is 3.52. The van der Waals surface area contributed by atoms with Gasteiger partial charge in [0.15, 0.2) is 5.75 Å². The molecule has 25 heavy (non-hydrogen) atoms. The van der Waals surface area contributed by atoms with Gasteiger partial charge in [-0.2, -0.15) is 0 Å². The van der Waals surface area contributed by atoms with E-state index in [4.69, 9.17) is 19.9 Å². The van der Waals surface area contributed by atoms with Crippen molar-refractivity contribution in [2.75, 3.05) is 12.8 Å². The fraction of sp³-hybridized carbons (Fsp3) is 0.100. The third kappa shape index (κ3) is 5.06. The van der Waals surface area contributed by atoms with Crippen LogP contribution < -0.4 is 19.9 Å². The maximum absolute atomic E-state index is 5.96. The number of anilines is 1. The molecule has 4 nitrogen and oxygen atoms in total. The van der Waals surface area contributed by atoms with Gasteiger partial charge in [-0.25, -0.2) is 0 Å². The lowest BCUT2D eigenvalue weighted by atomic mass is 10.2. The summed E-state index contributed by atoms with van der Waals surface area (Å²) in [5.41, 5.74) is 7.61. The number of hydrogen-bond donors (Lipinski definition) is 1. The maximum Gasteiger partial charge on any atom is 0.150 e. The largest absolute Gasteiger partial charge is 0.497 e. The van der Waals surface area contributed by atoms with Crippen molar-refractivity contribution in [2.45, 2.75) is 6.61 Å². The van der Waals surface area contributed by atoms with Crippen LogP contribution >= 0.6 is 12.4 Å². The molecule has 3 rings (SSSR count). The van der Waals surface area contributed by atoms with E-state index in [1.807, 2.05) is 60.7 Å². The summed E-state index contributed by atoms with van der Waals surface area (Å²) in [6.45, 7) is 0.534. The number of ether oxygens (including phenoxy) is 3. The Kier molecular flexibility index (Phi) is 6.54. The second-order valence-corrected chi connectivity index (χ2v) is 5.25. The van der Waals surface area contributed by atoms with Crippen LogP contribution in [0.1, 0.15) is 5.56 Å². The fourth-order valence-electron chi connectivity index (χ4n) is 2.22. The predicted molar refractivity (Wildman–Crippen MR) is 102 cm³/mol. The monoisotopic (exact) mass is 357 g/mol. The molecular weight excluding hydrogens is 338 g/mol. The van der Waals surface area contributed by atoms with Gasteiger partial charge in [-0.15, -0.1) is 12.4 Å². The Balaban J connectivity index is 0.00000225. The number of rotatable bonds is 6. The van der Waals surface area contributed by atoms with Gasteiger partial charge in [0, 0.05) is 6.07 Å². The molecule has 0 saturated heterocycles. The van der Waals surface area contributed by atoms with Crippen molar-refractivity contribution in [3.05, 3.63) is 78.4 Å². The lowest BCUT2D eigenvalue weighted by Gasteiger charge is -2.11. The summed E-state index contributed by atoms with van der Waals surface area (Å²) in [6, 6.07) is 22.8. The number of nitrogens with two attached hydrogens (primary N) is 1. The van der Waals surface area contributed by atoms with Crippen LogP contribution in [0, 0.1) is 0 Å². The average Bonchev–Trinajstić information content (AvgIpc) is 2.63. The maximum atomic E-state index is 5.96. The minimum atomic E-state index is 0. The molecule has 0 aliphatic heterocycles. The van der Waals surface area contributed by atoms with E-state index in [-0.39, 0.29) is 12.4 Å². The first-order chi connectivity index (χ1) is 11.7. The van der Waals surface area contributed by atoms with Gasteiger partial charge in [-0.3, -0.25) is 0 Å². The number of hydrogen-bond acceptors (Lipinski definition) is 4. The van der Waals surface area contributed by atoms with Gasteiger partial charge < -0.3 is 19.9 Å². The van der Waals surface area contributed by atoms with Crippen LogP contribution in [0.3, 0.4) is 0 Å². The average molecular weight is 358 g/mol. The summed E-state index contributed by atoms with van der Waals surface area (Å²) < 4.78 is 16.7. The molecular formula is C20H20ClNO3. The van der Waals surface area contributed by atoms with Crippen molar-refractivity contribution in [3.63, 3.8) is 0 Å². The van der Waals surface area contributed by atoms with Crippen LogP contribution in [0.4, 0.5) is 5.69 Å². The zero-order valence-corrected chi connectivity index (χ0v) is 14.7. The summed E-state index contributed by atoms with van der Waals surface area (Å²) in [5, 5.41) is 0. The van der Waals surface area contributed by atoms with E-state index in [0.717, 1.165) is 11.3 Å². The van der Waals surface area contributed by atoms with Gasteiger partial charge in [-0.05, 0) is 42.0 Å². The van der Waals surface area contributed by atoms with E-state index in [2.05, 4.69) is 0 Å². The van der Waals surface area contributed by atoms with Crippen LogP contribution in [-0.4, -0.2) is 7.11 Å². The number of nitrogen functional groups attached to an aromatic ring is 1. The van der Waals surface area contributed by atoms with Crippen molar-refractivity contribution in [2.24, 2.45) is 0 Å². The van der Waals surface area contributed by atoms with Crippen LogP contribution in [0.5, 0.6) is 23.0 Å². The Morgan fingerprint density at radius 1 is 0.800 bits per heavy atom. The van der Waals surface area contributed by atoms with Crippen molar-refractivity contribution in [3.8, 4) is 23.0 Å². The first kappa shape index (κ1) is 18.5. The van der Waals surface area contributed by atoms with Crippen LogP contribution in [0.25, 0.3) is 0 Å². The number of benzene rings is 3. The smallest absolute Gasteiger partial charge is 0.150 e. The molecule has 0 fully saturated rings. The zero-order valence-electron chi connectivity index (χ0n) is 13.8. The van der Waals surface area contributed by atoms with Gasteiger partial charge in [0.1, 0.15) is 23.9 Å². The fourth-order valence-corrected chi connectivity index (χ4v) is 2.22. The standard InChI is InChI=1S/C20H19NO3.ClH/c1-22-18-11-12-20(19(21)13-18)24-17-9-7-16(8-10-17)23-14-15-5-3-2-4-6-15;/h2-13H,14,21H2,1H3;1H. The van der Waals surface area contributed by atoms with Crippen LogP contribution in [0.15, 0.2) is 72.8 Å². The van der Waals surface area contributed by atoms with E-state index >= 15 is 0 Å². The van der Waals surface area contributed by atoms with E-state index < -0.39 is 0 Å². The van der Waals surface area contributed by atoms with E-state index in [9.17, 15) is 0 Å². The van der Waals surface area contributed by atoms with E-state index in [1.165, 1.54) is 0 Å². The summed E-state index contributed by atoms with van der Waals surface area (Å²) in [5.74, 6) is 2.77. The Labute approximate surface area is 153 Å². The summed E-state index contributed by atoms with van der Waals surface area (Å²) in [7, 11) is 1.60. The molecule has 5 heteroatoms. The van der Waals surface area contributed by atoms with Gasteiger partial charge in [0.05, 0.1) is 12.8 Å². The molecule has 0 spiro atoms. The molecule has 0 atom stereocenters. The van der Waals surface area contributed by atoms with Gasteiger partial charge >= 0.3 is 0 Å². The molecule has 0 aliphatic carbocycles. The third-order valence-electron chi connectivity index (χ3n) is 3.52. The molecule has 0 unspecified atom stereocenters. The molecule has 3 aromatic carbocycles. The Bertz CT molecular complexity index is 792. The molecule has 0 bridgehead atoms. The molecule has 0 aromatic heterocycles. The highest BCUT2D eigenvalue weighted by atomic mass is 35.5. The van der Waals surface area contributed by atoms with Crippen LogP contribution in [-0.2, 0) is 6.61 Å². The van der Waals surface area contributed by atoms with Crippen molar-refractivity contribution >= 4 is 18.1 Å². The Morgan fingerprint density at radius 2 is 1.44 bits per heavy atom. The van der Waals surface area contributed by atoms with Crippen molar-refractivity contribution in [1.82, 2.24) is 0 Å². The van der Waals surface area contributed by atoms with Crippen molar-refractivity contribution in [1.29, 1.82) is 0 Å². The predicted octanol–water partition coefficient (Wildman–Crippen LogP) is 5.07. The molecule has 0 aliphatic rings. The molecule has 0 saturated carbocycles. The first-order valence-electron chi connectivity index (χ1n) is 7.63. The number of halogens is 1. The molecule has 0 heterocycles. The van der Waals surface area contributed by atoms with E-state index in [1.54, 1.807) is 19.2 Å². The minimum absolute atomic E-state index is 0. The van der Waals surface area contributed by atoms with E-state index in [0.29, 0.717) is 29.5 Å². The molecule has 130 valence electrons. The Morgan fingerprint density at radius 3 is 2.08 bits per heavy atom. The second-order valence-electron chi connectivity index (χ2n) is 5.25. The highest BCUT2D eigenvalue weighted by Crippen LogP contribution is 2.31. The minimum Gasteiger partial charge on any atom is -0.497 e. The first-order valence-corrected chi connectivity index (χ1v) is 7.63. The second kappa shape index (κ2) is 8.85. The number of methoxy groups -OCH3 is 1.